The van der Waals surface area contributed by atoms with E-state index < -0.39 is 7.12 Å². The number of fused-ring (bicyclic) bond motifs is 1. The van der Waals surface area contributed by atoms with Crippen LogP contribution in [0.2, 0.25) is 0 Å². The van der Waals surface area contributed by atoms with Crippen LogP contribution in [0.4, 0.5) is 0 Å². The van der Waals surface area contributed by atoms with Crippen molar-refractivity contribution in [2.24, 2.45) is 0 Å². The Labute approximate surface area is 101 Å². The first-order valence-corrected chi connectivity index (χ1v) is 5.16. The van der Waals surface area contributed by atoms with Crippen LogP contribution in [0.3, 0.4) is 0 Å². The van der Waals surface area contributed by atoms with Gasteiger partial charge in [0.05, 0.1) is 0 Å². The third kappa shape index (κ3) is 1.65. The predicted molar refractivity (Wildman–Crippen MR) is 60.8 cm³/mol. The van der Waals surface area contributed by atoms with E-state index in [0.717, 1.165) is 0 Å². The van der Waals surface area contributed by atoms with Crippen molar-refractivity contribution in [3.8, 4) is 11.6 Å². The summed E-state index contributed by atoms with van der Waals surface area (Å²) in [5, 5.41) is 29.9. The molecule has 0 aliphatic heterocycles. The molecule has 3 aromatic heterocycles. The fourth-order valence-electron chi connectivity index (χ4n) is 1.60. The van der Waals surface area contributed by atoms with Crippen molar-refractivity contribution < 1.29 is 14.6 Å². The SMILES string of the molecule is Cc1nc(-c2nnc3ccc(B(O)O)cn23)no1. The van der Waals surface area contributed by atoms with Gasteiger partial charge in [0.1, 0.15) is 0 Å². The molecular formula is C9H8BN5O3. The smallest absolute Gasteiger partial charge is 0.423 e. The molecule has 0 amide bonds. The molecule has 90 valence electrons. The van der Waals surface area contributed by atoms with Gasteiger partial charge >= 0.3 is 7.12 Å². The van der Waals surface area contributed by atoms with Crippen LogP contribution in [-0.4, -0.2) is 41.9 Å². The molecule has 0 spiro atoms. The molecule has 9 heteroatoms. The summed E-state index contributed by atoms with van der Waals surface area (Å²) in [6, 6.07) is 3.18. The minimum absolute atomic E-state index is 0.296. The fraction of sp³-hybridized carbons (Fsp3) is 0.111. The van der Waals surface area contributed by atoms with Crippen molar-refractivity contribution in [3.63, 3.8) is 0 Å². The van der Waals surface area contributed by atoms with E-state index in [0.29, 0.717) is 28.6 Å². The van der Waals surface area contributed by atoms with Crippen molar-refractivity contribution >= 4 is 18.2 Å². The fourth-order valence-corrected chi connectivity index (χ4v) is 1.60. The van der Waals surface area contributed by atoms with Gasteiger partial charge in [-0.1, -0.05) is 11.2 Å². The lowest BCUT2D eigenvalue weighted by molar-refractivity contribution is 0.394. The largest absolute Gasteiger partial charge is 0.489 e. The Morgan fingerprint density at radius 3 is 2.78 bits per heavy atom. The maximum absolute atomic E-state index is 9.14. The Morgan fingerprint density at radius 1 is 1.28 bits per heavy atom. The second-order valence-electron chi connectivity index (χ2n) is 3.72. The zero-order chi connectivity index (χ0) is 12.7. The Kier molecular flexibility index (Phi) is 2.35. The van der Waals surface area contributed by atoms with Gasteiger partial charge in [0.2, 0.25) is 17.5 Å². The van der Waals surface area contributed by atoms with Crippen LogP contribution in [0.1, 0.15) is 5.89 Å². The Morgan fingerprint density at radius 2 is 2.11 bits per heavy atom. The van der Waals surface area contributed by atoms with Crippen molar-refractivity contribution in [3.05, 3.63) is 24.2 Å². The van der Waals surface area contributed by atoms with Gasteiger partial charge in [0, 0.05) is 13.1 Å². The average molecular weight is 245 g/mol. The molecule has 0 saturated heterocycles. The van der Waals surface area contributed by atoms with Crippen LogP contribution < -0.4 is 5.46 Å². The molecule has 2 N–H and O–H groups in total. The lowest BCUT2D eigenvalue weighted by Crippen LogP contribution is -2.30. The summed E-state index contributed by atoms with van der Waals surface area (Å²) in [6.07, 6.45) is 1.51. The number of aryl methyl sites for hydroxylation is 1. The van der Waals surface area contributed by atoms with E-state index in [-0.39, 0.29) is 0 Å². The molecule has 3 heterocycles. The van der Waals surface area contributed by atoms with Gasteiger partial charge < -0.3 is 14.6 Å². The second-order valence-corrected chi connectivity index (χ2v) is 3.72. The zero-order valence-corrected chi connectivity index (χ0v) is 9.35. The van der Waals surface area contributed by atoms with Gasteiger partial charge in [0.25, 0.3) is 0 Å². The van der Waals surface area contributed by atoms with Crippen molar-refractivity contribution in [2.75, 3.05) is 0 Å². The molecule has 0 saturated carbocycles. The van der Waals surface area contributed by atoms with Crippen LogP contribution in [-0.2, 0) is 0 Å². The van der Waals surface area contributed by atoms with E-state index >= 15 is 0 Å². The standard InChI is InChI=1S/C9H8BN5O3/c1-5-11-8(14-18-5)9-13-12-7-3-2-6(10(16)17)4-15(7)9/h2-4,16-17H,1H3. The molecule has 0 bridgehead atoms. The van der Waals surface area contributed by atoms with E-state index in [1.54, 1.807) is 23.5 Å². The van der Waals surface area contributed by atoms with Crippen LogP contribution in [0, 0.1) is 6.92 Å². The minimum atomic E-state index is -1.56. The molecule has 18 heavy (non-hydrogen) atoms. The molecule has 0 fully saturated rings. The molecule has 3 aromatic rings. The van der Waals surface area contributed by atoms with Crippen LogP contribution in [0.25, 0.3) is 17.3 Å². The average Bonchev–Trinajstić information content (AvgIpc) is 2.93. The molecule has 0 atom stereocenters. The third-order valence-corrected chi connectivity index (χ3v) is 2.45. The highest BCUT2D eigenvalue weighted by Gasteiger charge is 2.17. The maximum Gasteiger partial charge on any atom is 0.489 e. The second kappa shape index (κ2) is 3.89. The molecule has 0 radical (unpaired) electrons. The zero-order valence-electron chi connectivity index (χ0n) is 9.35. The van der Waals surface area contributed by atoms with Gasteiger partial charge in [-0.15, -0.1) is 10.2 Å². The highest BCUT2D eigenvalue weighted by atomic mass is 16.5. The normalized spacial score (nSPS) is 11.1. The van der Waals surface area contributed by atoms with Crippen molar-refractivity contribution in [1.82, 2.24) is 24.7 Å². The summed E-state index contributed by atoms with van der Waals surface area (Å²) >= 11 is 0. The minimum Gasteiger partial charge on any atom is -0.423 e. The first kappa shape index (κ1) is 10.9. The van der Waals surface area contributed by atoms with Gasteiger partial charge in [-0.05, 0) is 11.5 Å². The molecule has 0 aliphatic carbocycles. The Bertz CT molecular complexity index is 707. The molecule has 0 unspecified atom stereocenters. The molecular weight excluding hydrogens is 237 g/mol. The first-order valence-electron chi connectivity index (χ1n) is 5.16. The molecule has 3 rings (SSSR count). The molecule has 8 nitrogen and oxygen atoms in total. The number of hydrogen-bond acceptors (Lipinski definition) is 7. The highest BCUT2D eigenvalue weighted by molar-refractivity contribution is 6.58. The van der Waals surface area contributed by atoms with Gasteiger partial charge in [-0.2, -0.15) is 4.98 Å². The summed E-state index contributed by atoms with van der Waals surface area (Å²) in [5.74, 6) is 1.09. The number of pyridine rings is 1. The maximum atomic E-state index is 9.14. The number of rotatable bonds is 2. The van der Waals surface area contributed by atoms with E-state index in [1.165, 1.54) is 6.20 Å². The summed E-state index contributed by atoms with van der Waals surface area (Å²) in [6.45, 7) is 1.67. The summed E-state index contributed by atoms with van der Waals surface area (Å²) in [5.41, 5.74) is 0.876. The highest BCUT2D eigenvalue weighted by Crippen LogP contribution is 2.13. The Balaban J connectivity index is 2.20. The summed E-state index contributed by atoms with van der Waals surface area (Å²) < 4.78 is 6.44. The van der Waals surface area contributed by atoms with Crippen LogP contribution in [0.15, 0.2) is 22.9 Å². The summed E-state index contributed by atoms with van der Waals surface area (Å²) in [7, 11) is -1.56. The van der Waals surface area contributed by atoms with Gasteiger partial charge in [-0.25, -0.2) is 0 Å². The number of aromatic nitrogens is 5. The predicted octanol–water partition coefficient (Wildman–Crippen LogP) is -1.23. The Hall–Kier alpha value is -2.26. The van der Waals surface area contributed by atoms with E-state index in [4.69, 9.17) is 14.6 Å². The van der Waals surface area contributed by atoms with Crippen molar-refractivity contribution in [2.45, 2.75) is 6.92 Å². The quantitative estimate of drug-likeness (QED) is 0.543. The topological polar surface area (TPSA) is 110 Å². The summed E-state index contributed by atoms with van der Waals surface area (Å²) in [4.78, 5) is 4.05. The van der Waals surface area contributed by atoms with Gasteiger partial charge in [-0.3, -0.25) is 4.40 Å². The van der Waals surface area contributed by atoms with E-state index in [9.17, 15) is 0 Å². The lowest BCUT2D eigenvalue weighted by atomic mass is 9.82. The van der Waals surface area contributed by atoms with E-state index in [2.05, 4.69) is 20.3 Å². The van der Waals surface area contributed by atoms with Gasteiger partial charge in [0.15, 0.2) is 5.65 Å². The number of hydrogen-bond donors (Lipinski definition) is 2. The molecule has 0 aliphatic rings. The lowest BCUT2D eigenvalue weighted by Gasteiger charge is -2.00. The van der Waals surface area contributed by atoms with Crippen LogP contribution >= 0.6 is 0 Å². The van der Waals surface area contributed by atoms with Crippen molar-refractivity contribution in [1.29, 1.82) is 0 Å². The first-order chi connectivity index (χ1) is 8.65. The monoisotopic (exact) mass is 245 g/mol. The van der Waals surface area contributed by atoms with Crippen LogP contribution in [0.5, 0.6) is 0 Å². The third-order valence-electron chi connectivity index (χ3n) is 2.45. The molecule has 0 aromatic carbocycles. The number of nitrogens with zero attached hydrogens (tertiary/aromatic N) is 5. The van der Waals surface area contributed by atoms with E-state index in [1.807, 2.05) is 0 Å².